The number of thiazole rings is 1. The first-order chi connectivity index (χ1) is 9.41. The number of rotatable bonds is 5. The number of nitrogens with zero attached hydrogens (tertiary/aromatic N) is 1. The Morgan fingerprint density at radius 1 is 1.35 bits per heavy atom. The van der Waals surface area contributed by atoms with Gasteiger partial charge in [0, 0.05) is 10.6 Å². The zero-order chi connectivity index (χ0) is 14.8. The first-order valence-corrected chi connectivity index (χ1v) is 8.68. The minimum absolute atomic E-state index is 0.153. The molecule has 0 saturated carbocycles. The lowest BCUT2D eigenvalue weighted by Crippen LogP contribution is -2.15. The standard InChI is InChI=1S/C13H17N3O2S2/c1-3-12-9(2)19-13(15-12)16-20(17,18)8-10-6-4-5-7-11(10)14/h4-7H,3,8,14H2,1-2H3,(H,15,16). The van der Waals surface area contributed by atoms with Gasteiger partial charge in [0.1, 0.15) is 0 Å². The Hall–Kier alpha value is -1.60. The zero-order valence-electron chi connectivity index (χ0n) is 11.4. The molecule has 5 nitrogen and oxygen atoms in total. The number of aromatic nitrogens is 1. The number of aryl methyl sites for hydroxylation is 2. The number of anilines is 2. The molecule has 2 aromatic rings. The molecular formula is C13H17N3O2S2. The minimum Gasteiger partial charge on any atom is -0.398 e. The average molecular weight is 311 g/mol. The molecule has 7 heteroatoms. The summed E-state index contributed by atoms with van der Waals surface area (Å²) in [6.45, 7) is 3.93. The van der Waals surface area contributed by atoms with E-state index < -0.39 is 10.0 Å². The third-order valence-corrected chi connectivity index (χ3v) is 5.12. The topological polar surface area (TPSA) is 85.1 Å². The van der Waals surface area contributed by atoms with Crippen LogP contribution in [0.1, 0.15) is 23.1 Å². The van der Waals surface area contributed by atoms with Gasteiger partial charge < -0.3 is 5.73 Å². The van der Waals surface area contributed by atoms with Crippen LogP contribution in [0.25, 0.3) is 0 Å². The minimum atomic E-state index is -3.50. The van der Waals surface area contributed by atoms with E-state index in [4.69, 9.17) is 5.73 Å². The Labute approximate surface area is 122 Å². The molecular weight excluding hydrogens is 294 g/mol. The van der Waals surface area contributed by atoms with Gasteiger partial charge in [0.2, 0.25) is 10.0 Å². The maximum absolute atomic E-state index is 12.1. The van der Waals surface area contributed by atoms with Crippen LogP contribution in [-0.2, 0) is 22.2 Å². The molecule has 0 bridgehead atoms. The third-order valence-electron chi connectivity index (χ3n) is 2.87. The van der Waals surface area contributed by atoms with Crippen molar-refractivity contribution in [3.63, 3.8) is 0 Å². The van der Waals surface area contributed by atoms with Crippen LogP contribution in [0, 0.1) is 6.92 Å². The lowest BCUT2D eigenvalue weighted by Gasteiger charge is -2.07. The predicted molar refractivity (Wildman–Crippen MR) is 83.3 cm³/mol. The van der Waals surface area contributed by atoms with Crippen molar-refractivity contribution >= 4 is 32.2 Å². The van der Waals surface area contributed by atoms with E-state index in [1.54, 1.807) is 24.3 Å². The van der Waals surface area contributed by atoms with Crippen molar-refractivity contribution in [2.24, 2.45) is 0 Å². The zero-order valence-corrected chi connectivity index (χ0v) is 13.0. The van der Waals surface area contributed by atoms with E-state index in [9.17, 15) is 8.42 Å². The molecule has 0 unspecified atom stereocenters. The average Bonchev–Trinajstić information content (AvgIpc) is 2.71. The first-order valence-electron chi connectivity index (χ1n) is 6.21. The highest BCUT2D eigenvalue weighted by Gasteiger charge is 2.16. The Kier molecular flexibility index (Phi) is 4.29. The molecule has 108 valence electrons. The molecule has 1 heterocycles. The van der Waals surface area contributed by atoms with Gasteiger partial charge in [-0.2, -0.15) is 0 Å². The molecule has 0 aliphatic heterocycles. The SMILES string of the molecule is CCc1nc(NS(=O)(=O)Cc2ccccc2N)sc1C. The summed E-state index contributed by atoms with van der Waals surface area (Å²) in [5.74, 6) is -0.153. The summed E-state index contributed by atoms with van der Waals surface area (Å²) in [6.07, 6.45) is 0.787. The number of hydrogen-bond acceptors (Lipinski definition) is 5. The van der Waals surface area contributed by atoms with E-state index >= 15 is 0 Å². The molecule has 0 spiro atoms. The summed E-state index contributed by atoms with van der Waals surface area (Å²) < 4.78 is 26.8. The van der Waals surface area contributed by atoms with Crippen LogP contribution in [0.2, 0.25) is 0 Å². The van der Waals surface area contributed by atoms with Crippen molar-refractivity contribution in [1.82, 2.24) is 4.98 Å². The molecule has 20 heavy (non-hydrogen) atoms. The smallest absolute Gasteiger partial charge is 0.238 e. The number of para-hydroxylation sites is 1. The van der Waals surface area contributed by atoms with Gasteiger partial charge in [0.15, 0.2) is 5.13 Å². The lowest BCUT2D eigenvalue weighted by atomic mass is 10.2. The van der Waals surface area contributed by atoms with Crippen LogP contribution < -0.4 is 10.5 Å². The van der Waals surface area contributed by atoms with E-state index in [1.165, 1.54) is 11.3 Å². The normalized spacial score (nSPS) is 11.5. The van der Waals surface area contributed by atoms with Gasteiger partial charge in [0.25, 0.3) is 0 Å². The highest BCUT2D eigenvalue weighted by Crippen LogP contribution is 2.24. The van der Waals surface area contributed by atoms with Crippen molar-refractivity contribution in [2.45, 2.75) is 26.0 Å². The number of nitrogens with one attached hydrogen (secondary N) is 1. The van der Waals surface area contributed by atoms with Gasteiger partial charge in [-0.3, -0.25) is 4.72 Å². The highest BCUT2D eigenvalue weighted by molar-refractivity contribution is 7.92. The fraction of sp³-hybridized carbons (Fsp3) is 0.308. The van der Waals surface area contributed by atoms with Gasteiger partial charge in [-0.15, -0.1) is 11.3 Å². The van der Waals surface area contributed by atoms with Crippen molar-refractivity contribution in [1.29, 1.82) is 0 Å². The summed E-state index contributed by atoms with van der Waals surface area (Å²) in [5, 5.41) is 0.411. The monoisotopic (exact) mass is 311 g/mol. The summed E-state index contributed by atoms with van der Waals surface area (Å²) in [4.78, 5) is 5.31. The molecule has 0 saturated heterocycles. The van der Waals surface area contributed by atoms with E-state index in [0.29, 0.717) is 16.4 Å². The number of nitrogens with two attached hydrogens (primary N) is 1. The van der Waals surface area contributed by atoms with Crippen LogP contribution >= 0.6 is 11.3 Å². The molecule has 0 radical (unpaired) electrons. The Bertz CT molecular complexity index is 708. The fourth-order valence-electron chi connectivity index (χ4n) is 1.84. The highest BCUT2D eigenvalue weighted by atomic mass is 32.2. The number of nitrogen functional groups attached to an aromatic ring is 1. The Balaban J connectivity index is 2.17. The van der Waals surface area contributed by atoms with Crippen LogP contribution in [0.15, 0.2) is 24.3 Å². The first kappa shape index (κ1) is 14.8. The second-order valence-corrected chi connectivity index (χ2v) is 7.36. The molecule has 0 amide bonds. The second-order valence-electron chi connectivity index (χ2n) is 4.44. The predicted octanol–water partition coefficient (Wildman–Crippen LogP) is 2.54. The van der Waals surface area contributed by atoms with E-state index in [0.717, 1.165) is 17.0 Å². The molecule has 2 rings (SSSR count). The Morgan fingerprint density at radius 2 is 2.05 bits per heavy atom. The lowest BCUT2D eigenvalue weighted by molar-refractivity contribution is 0.600. The summed E-state index contributed by atoms with van der Waals surface area (Å²) >= 11 is 1.35. The van der Waals surface area contributed by atoms with Crippen LogP contribution in [-0.4, -0.2) is 13.4 Å². The fourth-order valence-corrected chi connectivity index (χ4v) is 4.20. The summed E-state index contributed by atoms with van der Waals surface area (Å²) in [7, 11) is -3.50. The molecule has 3 N–H and O–H groups in total. The molecule has 0 aliphatic rings. The van der Waals surface area contributed by atoms with Gasteiger partial charge >= 0.3 is 0 Å². The molecule has 0 fully saturated rings. The van der Waals surface area contributed by atoms with Gasteiger partial charge in [-0.05, 0) is 25.0 Å². The quantitative estimate of drug-likeness (QED) is 0.831. The molecule has 1 aromatic heterocycles. The van der Waals surface area contributed by atoms with Crippen molar-refractivity contribution in [3.8, 4) is 0 Å². The second kappa shape index (κ2) is 5.80. The third kappa shape index (κ3) is 3.49. The maximum Gasteiger partial charge on any atom is 0.238 e. The maximum atomic E-state index is 12.1. The summed E-state index contributed by atoms with van der Waals surface area (Å²) in [6, 6.07) is 6.94. The van der Waals surface area contributed by atoms with Gasteiger partial charge in [-0.1, -0.05) is 25.1 Å². The largest absolute Gasteiger partial charge is 0.398 e. The molecule has 0 aliphatic carbocycles. The number of sulfonamides is 1. The van der Waals surface area contributed by atoms with Crippen LogP contribution in [0.4, 0.5) is 10.8 Å². The summed E-state index contributed by atoms with van der Waals surface area (Å²) in [5.41, 5.74) is 7.75. The van der Waals surface area contributed by atoms with Crippen molar-refractivity contribution in [2.75, 3.05) is 10.5 Å². The number of hydrogen-bond donors (Lipinski definition) is 2. The number of benzene rings is 1. The van der Waals surface area contributed by atoms with Crippen molar-refractivity contribution < 1.29 is 8.42 Å². The van der Waals surface area contributed by atoms with Crippen LogP contribution in [0.3, 0.4) is 0 Å². The Morgan fingerprint density at radius 3 is 2.65 bits per heavy atom. The van der Waals surface area contributed by atoms with Crippen LogP contribution in [0.5, 0.6) is 0 Å². The van der Waals surface area contributed by atoms with E-state index in [2.05, 4.69) is 9.71 Å². The molecule has 0 atom stereocenters. The van der Waals surface area contributed by atoms with Gasteiger partial charge in [0.05, 0.1) is 11.4 Å². The van der Waals surface area contributed by atoms with E-state index in [1.807, 2.05) is 13.8 Å². The van der Waals surface area contributed by atoms with Gasteiger partial charge in [-0.25, -0.2) is 13.4 Å². The molecule has 1 aromatic carbocycles. The van der Waals surface area contributed by atoms with Crippen molar-refractivity contribution in [3.05, 3.63) is 40.4 Å². The van der Waals surface area contributed by atoms with E-state index in [-0.39, 0.29) is 5.75 Å².